The van der Waals surface area contributed by atoms with Crippen LogP contribution in [-0.4, -0.2) is 67.0 Å². The fourth-order valence-electron chi connectivity index (χ4n) is 3.23. The number of hydrogen-bond donors (Lipinski definition) is 1. The third kappa shape index (κ3) is 3.78. The van der Waals surface area contributed by atoms with E-state index in [4.69, 9.17) is 15.2 Å². The Labute approximate surface area is 163 Å². The number of rotatable bonds is 6. The van der Waals surface area contributed by atoms with E-state index in [0.717, 1.165) is 0 Å². The van der Waals surface area contributed by atoms with E-state index in [-0.39, 0.29) is 12.2 Å². The lowest BCUT2D eigenvalue weighted by Crippen LogP contribution is -2.51. The summed E-state index contributed by atoms with van der Waals surface area (Å²) < 4.78 is 10.6. The number of methoxy groups -OCH3 is 2. The maximum absolute atomic E-state index is 12.2. The zero-order valence-electron chi connectivity index (χ0n) is 16.4. The lowest BCUT2D eigenvalue weighted by molar-refractivity contribution is -0.144. The van der Waals surface area contributed by atoms with Gasteiger partial charge >= 0.3 is 0 Å². The summed E-state index contributed by atoms with van der Waals surface area (Å²) in [6, 6.07) is 3.52. The second kappa shape index (κ2) is 8.28. The van der Waals surface area contributed by atoms with E-state index in [1.165, 1.54) is 0 Å². The number of amides is 1. The number of benzene rings is 1. The second-order valence-electron chi connectivity index (χ2n) is 6.59. The highest BCUT2D eigenvalue weighted by molar-refractivity contribution is 6.36. The molecule has 9 heteroatoms. The molecule has 1 aromatic carbocycles. The van der Waals surface area contributed by atoms with Crippen LogP contribution in [0.1, 0.15) is 19.8 Å². The highest BCUT2D eigenvalue weighted by Gasteiger charge is 2.26. The van der Waals surface area contributed by atoms with Crippen LogP contribution < -0.4 is 20.1 Å². The van der Waals surface area contributed by atoms with E-state index in [2.05, 4.69) is 9.97 Å². The van der Waals surface area contributed by atoms with Crippen LogP contribution in [0.3, 0.4) is 0 Å². The van der Waals surface area contributed by atoms with E-state index in [1.54, 1.807) is 31.3 Å². The van der Waals surface area contributed by atoms with Crippen molar-refractivity contribution in [2.24, 2.45) is 0 Å². The van der Waals surface area contributed by atoms with Crippen LogP contribution in [0.4, 0.5) is 11.8 Å². The molecule has 0 atom stereocenters. The molecule has 1 amide bonds. The first kappa shape index (κ1) is 19.7. The lowest BCUT2D eigenvalue weighted by atomic mass is 10.2. The Morgan fingerprint density at radius 2 is 1.71 bits per heavy atom. The number of anilines is 2. The van der Waals surface area contributed by atoms with Gasteiger partial charge in [0.1, 0.15) is 5.82 Å². The molecule has 0 bridgehead atoms. The predicted octanol–water partition coefficient (Wildman–Crippen LogP) is 1.25. The molecule has 2 N–H and O–H groups in total. The first-order valence-electron chi connectivity index (χ1n) is 9.24. The summed E-state index contributed by atoms with van der Waals surface area (Å²) in [5.74, 6) is 1.22. The third-order valence-electron chi connectivity index (χ3n) is 4.78. The summed E-state index contributed by atoms with van der Waals surface area (Å²) in [5, 5.41) is 0.681. The van der Waals surface area contributed by atoms with Gasteiger partial charge in [-0.05, 0) is 12.5 Å². The SMILES string of the molecule is CCCC(=O)C(=O)N1CCN(c2nc(N)c3cc(OC)c(OC)cc3n2)CC1. The molecule has 2 heterocycles. The Kier molecular flexibility index (Phi) is 5.81. The highest BCUT2D eigenvalue weighted by Crippen LogP contribution is 2.34. The van der Waals surface area contributed by atoms with Crippen LogP contribution in [0, 0.1) is 0 Å². The molecule has 28 heavy (non-hydrogen) atoms. The van der Waals surface area contributed by atoms with Crippen LogP contribution in [0.15, 0.2) is 12.1 Å². The summed E-state index contributed by atoms with van der Waals surface area (Å²) in [4.78, 5) is 36.6. The summed E-state index contributed by atoms with van der Waals surface area (Å²) in [5.41, 5.74) is 6.79. The maximum atomic E-state index is 12.2. The van der Waals surface area contributed by atoms with Gasteiger partial charge in [0, 0.05) is 44.1 Å². The van der Waals surface area contributed by atoms with Crippen molar-refractivity contribution < 1.29 is 19.1 Å². The normalized spacial score (nSPS) is 14.2. The first-order valence-corrected chi connectivity index (χ1v) is 9.24. The summed E-state index contributed by atoms with van der Waals surface area (Å²) in [6.07, 6.45) is 0.956. The van der Waals surface area contributed by atoms with Gasteiger partial charge in [0.2, 0.25) is 11.7 Å². The molecule has 0 saturated carbocycles. The van der Waals surface area contributed by atoms with Gasteiger partial charge in [-0.15, -0.1) is 0 Å². The van der Waals surface area contributed by atoms with Crippen LogP contribution in [0.2, 0.25) is 0 Å². The summed E-state index contributed by atoms with van der Waals surface area (Å²) >= 11 is 0. The Morgan fingerprint density at radius 3 is 2.32 bits per heavy atom. The van der Waals surface area contributed by atoms with Crippen molar-refractivity contribution in [2.75, 3.05) is 51.0 Å². The van der Waals surface area contributed by atoms with E-state index in [1.807, 2.05) is 11.8 Å². The van der Waals surface area contributed by atoms with E-state index < -0.39 is 5.91 Å². The van der Waals surface area contributed by atoms with Gasteiger partial charge < -0.3 is 25.0 Å². The molecule has 1 aromatic heterocycles. The van der Waals surface area contributed by atoms with Crippen molar-refractivity contribution in [3.05, 3.63) is 12.1 Å². The second-order valence-corrected chi connectivity index (χ2v) is 6.59. The average molecular weight is 387 g/mol. The quantitative estimate of drug-likeness (QED) is 0.737. The fraction of sp³-hybridized carbons (Fsp3) is 0.474. The molecule has 0 radical (unpaired) electrons. The number of nitrogen functional groups attached to an aromatic ring is 1. The predicted molar refractivity (Wildman–Crippen MR) is 106 cm³/mol. The number of nitrogens with zero attached hydrogens (tertiary/aromatic N) is 4. The Balaban J connectivity index is 1.79. The van der Waals surface area contributed by atoms with Crippen LogP contribution in [0.5, 0.6) is 11.5 Å². The van der Waals surface area contributed by atoms with Crippen molar-refractivity contribution in [1.29, 1.82) is 0 Å². The van der Waals surface area contributed by atoms with Crippen molar-refractivity contribution in [3.8, 4) is 11.5 Å². The standard InChI is InChI=1S/C19H25N5O4/c1-4-5-14(25)18(26)23-6-8-24(9-7-23)19-21-13-11-16(28-3)15(27-2)10-12(13)17(20)22-19/h10-11H,4-9H2,1-3H3,(H2,20,21,22). The number of fused-ring (bicyclic) bond motifs is 1. The zero-order valence-corrected chi connectivity index (χ0v) is 16.4. The van der Waals surface area contributed by atoms with Gasteiger partial charge in [-0.2, -0.15) is 4.98 Å². The number of Topliss-reactive ketones (excluding diaryl/α,β-unsaturated/α-hetero) is 1. The first-order chi connectivity index (χ1) is 13.5. The minimum Gasteiger partial charge on any atom is -0.493 e. The summed E-state index contributed by atoms with van der Waals surface area (Å²) in [6.45, 7) is 3.84. The topological polar surface area (TPSA) is 111 Å². The smallest absolute Gasteiger partial charge is 0.290 e. The molecule has 1 aliphatic heterocycles. The molecule has 150 valence electrons. The van der Waals surface area contributed by atoms with Gasteiger partial charge in [-0.25, -0.2) is 4.98 Å². The Morgan fingerprint density at radius 1 is 1.07 bits per heavy atom. The van der Waals surface area contributed by atoms with E-state index in [0.29, 0.717) is 66.8 Å². The molecule has 3 rings (SSSR count). The maximum Gasteiger partial charge on any atom is 0.290 e. The van der Waals surface area contributed by atoms with E-state index >= 15 is 0 Å². The molecular weight excluding hydrogens is 362 g/mol. The molecule has 1 fully saturated rings. The number of nitrogens with two attached hydrogens (primary N) is 1. The number of carbonyl (C=O) groups is 2. The lowest BCUT2D eigenvalue weighted by Gasteiger charge is -2.34. The van der Waals surface area contributed by atoms with Gasteiger partial charge in [-0.3, -0.25) is 9.59 Å². The fourth-order valence-corrected chi connectivity index (χ4v) is 3.23. The summed E-state index contributed by atoms with van der Waals surface area (Å²) in [7, 11) is 3.12. The van der Waals surface area contributed by atoms with Crippen LogP contribution in [0.25, 0.3) is 10.9 Å². The van der Waals surface area contributed by atoms with Crippen LogP contribution >= 0.6 is 0 Å². The number of ketones is 1. The molecule has 0 spiro atoms. The molecule has 9 nitrogen and oxygen atoms in total. The molecule has 1 saturated heterocycles. The van der Waals surface area contributed by atoms with Gasteiger partial charge in [0.25, 0.3) is 5.91 Å². The number of hydrogen-bond acceptors (Lipinski definition) is 8. The third-order valence-corrected chi connectivity index (χ3v) is 4.78. The molecule has 0 aliphatic carbocycles. The highest BCUT2D eigenvalue weighted by atomic mass is 16.5. The Hall–Kier alpha value is -3.10. The van der Waals surface area contributed by atoms with Crippen molar-refractivity contribution in [1.82, 2.24) is 14.9 Å². The molecule has 1 aliphatic rings. The monoisotopic (exact) mass is 387 g/mol. The molecule has 0 unspecified atom stereocenters. The van der Waals surface area contributed by atoms with Gasteiger partial charge in [0.05, 0.1) is 19.7 Å². The Bertz CT molecular complexity index is 894. The minimum atomic E-state index is -0.405. The largest absolute Gasteiger partial charge is 0.493 e. The minimum absolute atomic E-state index is 0.286. The van der Waals surface area contributed by atoms with Crippen molar-refractivity contribution in [2.45, 2.75) is 19.8 Å². The van der Waals surface area contributed by atoms with Crippen LogP contribution in [-0.2, 0) is 9.59 Å². The van der Waals surface area contributed by atoms with Crippen molar-refractivity contribution >= 4 is 34.4 Å². The molecular formula is C19H25N5O4. The number of aromatic nitrogens is 2. The zero-order chi connectivity index (χ0) is 20.3. The number of ether oxygens (including phenoxy) is 2. The molecule has 2 aromatic rings. The number of carbonyl (C=O) groups excluding carboxylic acids is 2. The van der Waals surface area contributed by atoms with Crippen molar-refractivity contribution in [3.63, 3.8) is 0 Å². The van der Waals surface area contributed by atoms with Gasteiger partial charge in [-0.1, -0.05) is 6.92 Å². The average Bonchev–Trinajstić information content (AvgIpc) is 2.72. The van der Waals surface area contributed by atoms with E-state index in [9.17, 15) is 9.59 Å². The van der Waals surface area contributed by atoms with Gasteiger partial charge in [0.15, 0.2) is 11.5 Å². The number of piperazine rings is 1.